The molecule has 0 atom stereocenters. The maximum absolute atomic E-state index is 12.1. The van der Waals surface area contributed by atoms with Crippen LogP contribution in [0.2, 0.25) is 5.02 Å². The molecule has 0 fully saturated rings. The first kappa shape index (κ1) is 16.3. The van der Waals surface area contributed by atoms with Crippen molar-refractivity contribution in [2.45, 2.75) is 6.92 Å². The smallest absolute Gasteiger partial charge is 0.255 e. The van der Waals surface area contributed by atoms with E-state index in [4.69, 9.17) is 11.6 Å². The fourth-order valence-corrected chi connectivity index (χ4v) is 2.54. The molecule has 2 aromatic rings. The summed E-state index contributed by atoms with van der Waals surface area (Å²) in [5.41, 5.74) is 1.42. The van der Waals surface area contributed by atoms with Gasteiger partial charge in [0.1, 0.15) is 0 Å². The molecule has 7 heteroatoms. The maximum Gasteiger partial charge on any atom is 0.255 e. The van der Waals surface area contributed by atoms with E-state index >= 15 is 0 Å². The number of benzene rings is 2. The molecule has 0 spiro atoms. The quantitative estimate of drug-likeness (QED) is 0.877. The van der Waals surface area contributed by atoms with Crippen molar-refractivity contribution in [3.8, 4) is 0 Å². The summed E-state index contributed by atoms with van der Waals surface area (Å²) in [6.45, 7) is 1.55. The van der Waals surface area contributed by atoms with Gasteiger partial charge in [0.25, 0.3) is 5.91 Å². The molecular weight excluding hydrogens is 324 g/mol. The van der Waals surface area contributed by atoms with E-state index in [1.807, 2.05) is 0 Å². The predicted octanol–water partition coefficient (Wildman–Crippen LogP) is 3.35. The Kier molecular flexibility index (Phi) is 5.05. The van der Waals surface area contributed by atoms with E-state index in [-0.39, 0.29) is 11.7 Å². The Hall–Kier alpha value is -2.05. The Morgan fingerprint density at radius 1 is 1.09 bits per heavy atom. The van der Waals surface area contributed by atoms with Crippen molar-refractivity contribution >= 4 is 38.9 Å². The molecule has 2 rings (SSSR count). The number of anilines is 2. The molecule has 0 aliphatic heterocycles. The second kappa shape index (κ2) is 6.81. The zero-order valence-corrected chi connectivity index (χ0v) is 13.4. The predicted molar refractivity (Wildman–Crippen MR) is 88.9 cm³/mol. The summed E-state index contributed by atoms with van der Waals surface area (Å²) >= 11 is 5.85. The lowest BCUT2D eigenvalue weighted by molar-refractivity contribution is 0.102. The van der Waals surface area contributed by atoms with Gasteiger partial charge < -0.3 is 5.32 Å². The zero-order valence-electron chi connectivity index (χ0n) is 11.8. The van der Waals surface area contributed by atoms with Gasteiger partial charge in [-0.1, -0.05) is 17.7 Å². The highest BCUT2D eigenvalue weighted by Crippen LogP contribution is 2.17. The van der Waals surface area contributed by atoms with Gasteiger partial charge in [0, 0.05) is 22.0 Å². The van der Waals surface area contributed by atoms with E-state index in [1.165, 1.54) is 0 Å². The van der Waals surface area contributed by atoms with Crippen molar-refractivity contribution < 1.29 is 13.2 Å². The molecule has 0 heterocycles. The fourth-order valence-electron chi connectivity index (χ4n) is 1.71. The van der Waals surface area contributed by atoms with Crippen molar-refractivity contribution in [2.75, 3.05) is 15.8 Å². The van der Waals surface area contributed by atoms with Crippen molar-refractivity contribution in [1.29, 1.82) is 0 Å². The Labute approximate surface area is 134 Å². The van der Waals surface area contributed by atoms with Crippen LogP contribution < -0.4 is 10.0 Å². The number of carbonyl (C=O) groups is 1. The van der Waals surface area contributed by atoms with E-state index in [1.54, 1.807) is 55.5 Å². The highest BCUT2D eigenvalue weighted by molar-refractivity contribution is 7.92. The summed E-state index contributed by atoms with van der Waals surface area (Å²) in [4.78, 5) is 12.1. The molecule has 5 nitrogen and oxygen atoms in total. The minimum atomic E-state index is -3.32. The monoisotopic (exact) mass is 338 g/mol. The minimum absolute atomic E-state index is 0.00992. The SMILES string of the molecule is CCS(=O)(=O)Nc1ccc(C(=O)Nc2cccc(Cl)c2)cc1. The van der Waals surface area contributed by atoms with Crippen LogP contribution in [0.1, 0.15) is 17.3 Å². The van der Waals surface area contributed by atoms with Gasteiger partial charge >= 0.3 is 0 Å². The van der Waals surface area contributed by atoms with E-state index in [0.717, 1.165) is 0 Å². The van der Waals surface area contributed by atoms with Crippen molar-refractivity contribution in [3.05, 3.63) is 59.1 Å². The normalized spacial score (nSPS) is 11.0. The van der Waals surface area contributed by atoms with Gasteiger partial charge in [-0.05, 0) is 49.4 Å². The number of halogens is 1. The standard InChI is InChI=1S/C15H15ClN2O3S/c1-2-22(20,21)18-13-8-6-11(7-9-13)15(19)17-14-5-3-4-12(16)10-14/h3-10,18H,2H2,1H3,(H,17,19). The number of amides is 1. The van der Waals surface area contributed by atoms with Gasteiger partial charge in [0.15, 0.2) is 0 Å². The summed E-state index contributed by atoms with van der Waals surface area (Å²) < 4.78 is 25.3. The Balaban J connectivity index is 2.08. The third-order valence-corrected chi connectivity index (χ3v) is 4.42. The molecule has 2 aromatic carbocycles. The molecular formula is C15H15ClN2O3S. The van der Waals surface area contributed by atoms with E-state index < -0.39 is 10.0 Å². The number of sulfonamides is 1. The molecule has 0 bridgehead atoms. The summed E-state index contributed by atoms with van der Waals surface area (Å²) in [5, 5.41) is 3.25. The van der Waals surface area contributed by atoms with Gasteiger partial charge in [-0.25, -0.2) is 8.42 Å². The molecule has 22 heavy (non-hydrogen) atoms. The molecule has 0 radical (unpaired) electrons. The van der Waals surface area contributed by atoms with Crippen LogP contribution in [-0.4, -0.2) is 20.1 Å². The third-order valence-electron chi connectivity index (χ3n) is 2.88. The average molecular weight is 339 g/mol. The number of nitrogens with one attached hydrogen (secondary N) is 2. The highest BCUT2D eigenvalue weighted by atomic mass is 35.5. The maximum atomic E-state index is 12.1. The molecule has 0 saturated heterocycles. The van der Waals surface area contributed by atoms with Crippen LogP contribution in [0.4, 0.5) is 11.4 Å². The van der Waals surface area contributed by atoms with Crippen LogP contribution in [0, 0.1) is 0 Å². The largest absolute Gasteiger partial charge is 0.322 e. The number of carbonyl (C=O) groups excluding carboxylic acids is 1. The molecule has 2 N–H and O–H groups in total. The van der Waals surface area contributed by atoms with Crippen LogP contribution in [0.3, 0.4) is 0 Å². The molecule has 0 unspecified atom stereocenters. The van der Waals surface area contributed by atoms with Crippen LogP contribution >= 0.6 is 11.6 Å². The van der Waals surface area contributed by atoms with Crippen LogP contribution in [0.15, 0.2) is 48.5 Å². The number of hydrogen-bond acceptors (Lipinski definition) is 3. The van der Waals surface area contributed by atoms with Gasteiger partial charge in [0.2, 0.25) is 10.0 Å². The van der Waals surface area contributed by atoms with Gasteiger partial charge in [-0.3, -0.25) is 9.52 Å². The van der Waals surface area contributed by atoms with E-state index in [9.17, 15) is 13.2 Å². The molecule has 0 saturated carbocycles. The fraction of sp³-hybridized carbons (Fsp3) is 0.133. The molecule has 116 valence electrons. The van der Waals surface area contributed by atoms with Gasteiger partial charge in [-0.2, -0.15) is 0 Å². The third kappa shape index (κ3) is 4.47. The van der Waals surface area contributed by atoms with Crippen LogP contribution in [0.25, 0.3) is 0 Å². The Bertz CT molecular complexity index is 774. The summed E-state index contributed by atoms with van der Waals surface area (Å²) in [7, 11) is -3.32. The first-order valence-electron chi connectivity index (χ1n) is 6.57. The van der Waals surface area contributed by atoms with Crippen molar-refractivity contribution in [3.63, 3.8) is 0 Å². The lowest BCUT2D eigenvalue weighted by Gasteiger charge is -2.08. The second-order valence-corrected chi connectivity index (χ2v) is 6.99. The summed E-state index contributed by atoms with van der Waals surface area (Å²) in [6.07, 6.45) is 0. The summed E-state index contributed by atoms with van der Waals surface area (Å²) in [5.74, 6) is -0.309. The van der Waals surface area contributed by atoms with E-state index in [0.29, 0.717) is 22.0 Å². The van der Waals surface area contributed by atoms with Crippen molar-refractivity contribution in [1.82, 2.24) is 0 Å². The molecule has 1 amide bonds. The topological polar surface area (TPSA) is 75.3 Å². The summed E-state index contributed by atoms with van der Waals surface area (Å²) in [6, 6.07) is 13.0. The first-order valence-corrected chi connectivity index (χ1v) is 8.60. The Morgan fingerprint density at radius 3 is 2.36 bits per heavy atom. The molecule has 0 aliphatic rings. The first-order chi connectivity index (χ1) is 10.4. The van der Waals surface area contributed by atoms with Gasteiger partial charge in [0.05, 0.1) is 5.75 Å². The lowest BCUT2D eigenvalue weighted by atomic mass is 10.2. The number of hydrogen-bond donors (Lipinski definition) is 2. The Morgan fingerprint density at radius 2 is 1.77 bits per heavy atom. The highest BCUT2D eigenvalue weighted by Gasteiger charge is 2.09. The molecule has 0 aliphatic carbocycles. The van der Waals surface area contributed by atoms with Gasteiger partial charge in [-0.15, -0.1) is 0 Å². The average Bonchev–Trinajstić information content (AvgIpc) is 2.47. The van der Waals surface area contributed by atoms with E-state index in [2.05, 4.69) is 10.0 Å². The van der Waals surface area contributed by atoms with Crippen LogP contribution in [0.5, 0.6) is 0 Å². The lowest BCUT2D eigenvalue weighted by Crippen LogP contribution is -2.15. The molecule has 0 aromatic heterocycles. The number of rotatable bonds is 5. The van der Waals surface area contributed by atoms with Crippen molar-refractivity contribution in [2.24, 2.45) is 0 Å². The van der Waals surface area contributed by atoms with Crippen LogP contribution in [-0.2, 0) is 10.0 Å². The zero-order chi connectivity index (χ0) is 16.2. The minimum Gasteiger partial charge on any atom is -0.322 e. The second-order valence-electron chi connectivity index (χ2n) is 4.55.